The molecule has 1 N–H and O–H groups in total. The molecule has 6 rings (SSSR count). The Morgan fingerprint density at radius 3 is 2.62 bits per heavy atom. The molecule has 9 heteroatoms. The normalized spacial score (nSPS) is 16.0. The summed E-state index contributed by atoms with van der Waals surface area (Å²) in [4.78, 5) is 20.1. The summed E-state index contributed by atoms with van der Waals surface area (Å²) in [5, 5.41) is 10.0. The summed E-state index contributed by atoms with van der Waals surface area (Å²) >= 11 is 1.53. The van der Waals surface area contributed by atoms with Crippen LogP contribution < -0.4 is 19.8 Å². The number of aryl methyl sites for hydroxylation is 1. The topological polar surface area (TPSA) is 80.5 Å². The Morgan fingerprint density at radius 2 is 1.82 bits per heavy atom. The average molecular weight is 554 g/mol. The van der Waals surface area contributed by atoms with Gasteiger partial charge in [-0.1, -0.05) is 24.3 Å². The van der Waals surface area contributed by atoms with E-state index in [4.69, 9.17) is 19.6 Å². The van der Waals surface area contributed by atoms with Gasteiger partial charge in [0.2, 0.25) is 4.80 Å². The number of morpholine rings is 1. The van der Waals surface area contributed by atoms with Gasteiger partial charge in [0.25, 0.3) is 5.91 Å². The molecule has 204 valence electrons. The number of hydrogen-bond acceptors (Lipinski definition) is 7. The fourth-order valence-corrected chi connectivity index (χ4v) is 5.66. The first-order valence-corrected chi connectivity index (χ1v) is 14.2. The number of carbonyl (C=O) groups is 1. The van der Waals surface area contributed by atoms with Gasteiger partial charge in [-0.2, -0.15) is 5.10 Å². The number of amides is 1. The number of ether oxygens (including phenoxy) is 2. The van der Waals surface area contributed by atoms with Crippen molar-refractivity contribution < 1.29 is 14.3 Å². The summed E-state index contributed by atoms with van der Waals surface area (Å²) in [5.74, 6) is 0.494. The molecule has 3 aromatic carbocycles. The largest absolute Gasteiger partial charge is 0.482 e. The molecule has 0 spiro atoms. The van der Waals surface area contributed by atoms with Crippen LogP contribution in [0.25, 0.3) is 11.3 Å². The Bertz CT molecular complexity index is 1660. The molecule has 0 aliphatic carbocycles. The number of carbonyl (C=O) groups excluding carboxylic acids is 1. The molecule has 0 bridgehead atoms. The van der Waals surface area contributed by atoms with E-state index < -0.39 is 0 Å². The van der Waals surface area contributed by atoms with E-state index >= 15 is 0 Å². The van der Waals surface area contributed by atoms with E-state index in [9.17, 15) is 4.79 Å². The quantitative estimate of drug-likeness (QED) is 0.331. The van der Waals surface area contributed by atoms with E-state index in [0.29, 0.717) is 11.4 Å². The Hall–Kier alpha value is -4.21. The molecule has 0 unspecified atom stereocenters. The Labute approximate surface area is 237 Å². The van der Waals surface area contributed by atoms with Crippen LogP contribution in [-0.2, 0) is 9.53 Å². The maximum absolute atomic E-state index is 11.9. The summed E-state index contributed by atoms with van der Waals surface area (Å²) in [6, 6.07) is 20.5. The highest BCUT2D eigenvalue weighted by atomic mass is 32.1. The monoisotopic (exact) mass is 553 g/mol. The molecule has 1 saturated heterocycles. The van der Waals surface area contributed by atoms with Gasteiger partial charge in [0.05, 0.1) is 36.0 Å². The zero-order valence-corrected chi connectivity index (χ0v) is 23.6. The van der Waals surface area contributed by atoms with Crippen LogP contribution in [0.2, 0.25) is 0 Å². The van der Waals surface area contributed by atoms with Crippen LogP contribution in [-0.4, -0.2) is 49.2 Å². The second-order valence-corrected chi connectivity index (χ2v) is 10.8. The third kappa shape index (κ3) is 5.30. The maximum atomic E-state index is 11.9. The Balaban J connectivity index is 1.43. The molecule has 3 heterocycles. The Kier molecular flexibility index (Phi) is 7.23. The highest BCUT2D eigenvalue weighted by molar-refractivity contribution is 7.07. The number of anilines is 2. The van der Waals surface area contributed by atoms with Crippen molar-refractivity contribution in [1.82, 2.24) is 4.68 Å². The van der Waals surface area contributed by atoms with Gasteiger partial charge in [-0.25, -0.2) is 9.67 Å². The van der Waals surface area contributed by atoms with E-state index in [1.807, 2.05) is 41.9 Å². The first kappa shape index (κ1) is 26.0. The summed E-state index contributed by atoms with van der Waals surface area (Å²) in [7, 11) is 0. The van der Waals surface area contributed by atoms with Crippen molar-refractivity contribution in [3.8, 4) is 17.0 Å². The van der Waals surface area contributed by atoms with Crippen LogP contribution in [0, 0.1) is 13.8 Å². The minimum Gasteiger partial charge on any atom is -0.482 e. The van der Waals surface area contributed by atoms with Gasteiger partial charge < -0.3 is 19.7 Å². The second-order valence-electron chi connectivity index (χ2n) is 9.93. The van der Waals surface area contributed by atoms with Crippen molar-refractivity contribution in [3.05, 3.63) is 87.5 Å². The van der Waals surface area contributed by atoms with Crippen LogP contribution in [0.15, 0.2) is 76.1 Å². The molecule has 8 nitrogen and oxygen atoms in total. The first-order valence-electron chi connectivity index (χ1n) is 13.3. The van der Waals surface area contributed by atoms with Gasteiger partial charge in [-0.15, -0.1) is 11.3 Å². The van der Waals surface area contributed by atoms with Crippen LogP contribution in [0.5, 0.6) is 5.75 Å². The fourth-order valence-electron chi connectivity index (χ4n) is 4.82. The standard InChI is InChI=1S/C31H31N5O3S/c1-20-5-4-6-26(21(20)2)33-31-36(28(19-40-31)24-9-12-29-27(17-24)32-30(37)18-39-29)34-22(3)23-7-10-25(11-8-23)35-13-15-38-16-14-35/h4-12,17,19H,13-16,18H2,1-3H3,(H,32,37). The van der Waals surface area contributed by atoms with Crippen molar-refractivity contribution >= 4 is 40.0 Å². The lowest BCUT2D eigenvalue weighted by atomic mass is 10.1. The third-order valence-corrected chi connectivity index (χ3v) is 8.11. The predicted octanol–water partition coefficient (Wildman–Crippen LogP) is 5.51. The summed E-state index contributed by atoms with van der Waals surface area (Å²) < 4.78 is 13.0. The number of aromatic nitrogens is 1. The van der Waals surface area contributed by atoms with Gasteiger partial charge in [0.1, 0.15) is 5.75 Å². The van der Waals surface area contributed by atoms with Crippen molar-refractivity contribution in [2.24, 2.45) is 10.1 Å². The summed E-state index contributed by atoms with van der Waals surface area (Å²) in [6.45, 7) is 9.53. The number of hydrogen-bond donors (Lipinski definition) is 1. The molecule has 1 aromatic heterocycles. The molecule has 1 amide bonds. The minimum absolute atomic E-state index is 0.0253. The second kappa shape index (κ2) is 11.1. The SMILES string of the molecule is CC(=Nn1c(-c2ccc3c(c2)NC(=O)CO3)csc1=Nc1cccc(C)c1C)c1ccc(N2CCOCC2)cc1. The van der Waals surface area contributed by atoms with Gasteiger partial charge in [0, 0.05) is 29.7 Å². The van der Waals surface area contributed by atoms with E-state index in [1.54, 1.807) is 0 Å². The molecule has 0 atom stereocenters. The third-order valence-electron chi connectivity index (χ3n) is 7.30. The molecule has 2 aliphatic rings. The van der Waals surface area contributed by atoms with Crippen molar-refractivity contribution in [1.29, 1.82) is 0 Å². The van der Waals surface area contributed by atoms with E-state index in [0.717, 1.165) is 64.9 Å². The van der Waals surface area contributed by atoms with Crippen molar-refractivity contribution in [2.45, 2.75) is 20.8 Å². The molecular formula is C31H31N5O3S. The minimum atomic E-state index is -0.164. The van der Waals surface area contributed by atoms with Gasteiger partial charge in [-0.3, -0.25) is 4.79 Å². The van der Waals surface area contributed by atoms with Crippen molar-refractivity contribution in [3.63, 3.8) is 0 Å². The average Bonchev–Trinajstić information content (AvgIpc) is 3.37. The smallest absolute Gasteiger partial charge is 0.262 e. The number of nitrogens with one attached hydrogen (secondary N) is 1. The highest BCUT2D eigenvalue weighted by Crippen LogP contribution is 2.33. The van der Waals surface area contributed by atoms with Crippen LogP contribution in [0.4, 0.5) is 17.1 Å². The van der Waals surface area contributed by atoms with Crippen LogP contribution >= 0.6 is 11.3 Å². The van der Waals surface area contributed by atoms with E-state index in [1.165, 1.54) is 22.6 Å². The summed E-state index contributed by atoms with van der Waals surface area (Å²) in [5.41, 5.74) is 8.76. The number of benzene rings is 3. The lowest BCUT2D eigenvalue weighted by Crippen LogP contribution is -2.36. The molecule has 4 aromatic rings. The van der Waals surface area contributed by atoms with Crippen LogP contribution in [0.1, 0.15) is 23.6 Å². The van der Waals surface area contributed by atoms with E-state index in [-0.39, 0.29) is 12.5 Å². The van der Waals surface area contributed by atoms with Crippen molar-refractivity contribution in [2.75, 3.05) is 43.1 Å². The Morgan fingerprint density at radius 1 is 1.02 bits per heavy atom. The lowest BCUT2D eigenvalue weighted by molar-refractivity contribution is -0.118. The van der Waals surface area contributed by atoms with Gasteiger partial charge in [0.15, 0.2) is 6.61 Å². The first-order chi connectivity index (χ1) is 19.5. The molecule has 0 saturated carbocycles. The predicted molar refractivity (Wildman–Crippen MR) is 160 cm³/mol. The number of nitrogens with zero attached hydrogens (tertiary/aromatic N) is 4. The number of rotatable bonds is 5. The molecule has 1 fully saturated rings. The zero-order valence-electron chi connectivity index (χ0n) is 22.8. The zero-order chi connectivity index (χ0) is 27.6. The molecule has 40 heavy (non-hydrogen) atoms. The number of thiazole rings is 1. The van der Waals surface area contributed by atoms with Gasteiger partial charge >= 0.3 is 0 Å². The summed E-state index contributed by atoms with van der Waals surface area (Å²) in [6.07, 6.45) is 0. The van der Waals surface area contributed by atoms with Crippen LogP contribution in [0.3, 0.4) is 0 Å². The maximum Gasteiger partial charge on any atom is 0.262 e. The molecule has 2 aliphatic heterocycles. The fraction of sp³-hybridized carbons (Fsp3) is 0.258. The molecule has 0 radical (unpaired) electrons. The number of fused-ring (bicyclic) bond motifs is 1. The molecular weight excluding hydrogens is 522 g/mol. The van der Waals surface area contributed by atoms with E-state index in [2.05, 4.69) is 59.8 Å². The van der Waals surface area contributed by atoms with Gasteiger partial charge in [-0.05, 0) is 73.9 Å². The lowest BCUT2D eigenvalue weighted by Gasteiger charge is -2.28. The highest BCUT2D eigenvalue weighted by Gasteiger charge is 2.18.